The van der Waals surface area contributed by atoms with E-state index in [0.29, 0.717) is 0 Å². The first-order chi connectivity index (χ1) is 9.43. The van der Waals surface area contributed by atoms with Crippen LogP contribution in [-0.2, 0) is 0 Å². The van der Waals surface area contributed by atoms with E-state index in [1.165, 1.54) is 4.88 Å². The van der Waals surface area contributed by atoms with Crippen LogP contribution in [0.2, 0.25) is 4.34 Å². The number of ether oxygens (including phenoxy) is 2. The lowest BCUT2D eigenvalue weighted by molar-refractivity contribution is -0.0431. The highest BCUT2D eigenvalue weighted by atomic mass is 35.5. The molecule has 106 valence electrons. The maximum Gasteiger partial charge on any atom is 0.246 e. The van der Waals surface area contributed by atoms with Crippen LogP contribution >= 0.6 is 22.9 Å². The van der Waals surface area contributed by atoms with E-state index in [1.807, 2.05) is 44.2 Å². The molecule has 20 heavy (non-hydrogen) atoms. The zero-order valence-corrected chi connectivity index (χ0v) is 13.1. The van der Waals surface area contributed by atoms with Gasteiger partial charge in [-0.05, 0) is 31.2 Å². The van der Waals surface area contributed by atoms with Crippen LogP contribution in [0, 0.1) is 0 Å². The van der Waals surface area contributed by atoms with Gasteiger partial charge in [-0.25, -0.2) is 0 Å². The molecule has 0 saturated heterocycles. The summed E-state index contributed by atoms with van der Waals surface area (Å²) in [5.74, 6) is 0.970. The molecule has 1 aliphatic heterocycles. The minimum Gasteiger partial charge on any atom is -0.449 e. The Morgan fingerprint density at radius 3 is 2.60 bits per heavy atom. The molecular formula is C15H16ClNO2S. The number of rotatable bonds is 3. The van der Waals surface area contributed by atoms with Gasteiger partial charge in [0, 0.05) is 30.5 Å². The Morgan fingerprint density at radius 1 is 1.15 bits per heavy atom. The van der Waals surface area contributed by atoms with Crippen molar-refractivity contribution in [3.63, 3.8) is 0 Å². The Morgan fingerprint density at radius 2 is 1.90 bits per heavy atom. The Labute approximate surface area is 127 Å². The van der Waals surface area contributed by atoms with Crippen molar-refractivity contribution >= 4 is 28.6 Å². The van der Waals surface area contributed by atoms with Gasteiger partial charge in [0.15, 0.2) is 11.5 Å². The number of thiophene rings is 1. The predicted molar refractivity (Wildman–Crippen MR) is 83.1 cm³/mol. The third kappa shape index (κ3) is 2.72. The van der Waals surface area contributed by atoms with E-state index in [-0.39, 0.29) is 6.04 Å². The van der Waals surface area contributed by atoms with Crippen LogP contribution < -0.4 is 14.8 Å². The van der Waals surface area contributed by atoms with Gasteiger partial charge in [0.2, 0.25) is 5.79 Å². The van der Waals surface area contributed by atoms with Gasteiger partial charge in [0.25, 0.3) is 0 Å². The van der Waals surface area contributed by atoms with Crippen molar-refractivity contribution in [2.45, 2.75) is 32.6 Å². The summed E-state index contributed by atoms with van der Waals surface area (Å²) < 4.78 is 12.2. The topological polar surface area (TPSA) is 30.5 Å². The lowest BCUT2D eigenvalue weighted by Gasteiger charge is -2.16. The van der Waals surface area contributed by atoms with Crippen LogP contribution in [0.15, 0.2) is 30.3 Å². The molecule has 3 nitrogen and oxygen atoms in total. The number of halogens is 1. The van der Waals surface area contributed by atoms with Crippen molar-refractivity contribution in [2.75, 3.05) is 5.32 Å². The lowest BCUT2D eigenvalue weighted by Crippen LogP contribution is -2.29. The maximum absolute atomic E-state index is 5.97. The summed E-state index contributed by atoms with van der Waals surface area (Å²) in [7, 11) is 0. The number of hydrogen-bond donors (Lipinski definition) is 1. The highest BCUT2D eigenvalue weighted by Gasteiger charge is 2.31. The molecule has 2 heterocycles. The smallest absolute Gasteiger partial charge is 0.246 e. The second-order valence-corrected chi connectivity index (χ2v) is 7.02. The maximum atomic E-state index is 5.97. The third-order valence-corrected chi connectivity index (χ3v) is 4.47. The molecule has 0 aliphatic carbocycles. The largest absolute Gasteiger partial charge is 0.449 e. The zero-order chi connectivity index (χ0) is 14.3. The van der Waals surface area contributed by atoms with Gasteiger partial charge >= 0.3 is 0 Å². The van der Waals surface area contributed by atoms with Crippen molar-refractivity contribution < 1.29 is 9.47 Å². The molecule has 0 saturated carbocycles. The van der Waals surface area contributed by atoms with Crippen molar-refractivity contribution in [2.24, 2.45) is 0 Å². The van der Waals surface area contributed by atoms with Crippen molar-refractivity contribution in [3.8, 4) is 11.5 Å². The molecule has 1 N–H and O–H groups in total. The predicted octanol–water partition coefficient (Wildman–Crippen LogP) is 5.08. The summed E-state index contributed by atoms with van der Waals surface area (Å²) in [6.07, 6.45) is 0. The molecule has 1 unspecified atom stereocenters. The van der Waals surface area contributed by atoms with Crippen LogP contribution in [0.4, 0.5) is 5.69 Å². The number of fused-ring (bicyclic) bond motifs is 1. The van der Waals surface area contributed by atoms with E-state index >= 15 is 0 Å². The van der Waals surface area contributed by atoms with Gasteiger partial charge in [0.1, 0.15) is 0 Å². The Kier molecular flexibility index (Phi) is 3.30. The summed E-state index contributed by atoms with van der Waals surface area (Å²) in [6, 6.07) is 10.1. The normalized spacial score (nSPS) is 17.0. The quantitative estimate of drug-likeness (QED) is 0.857. The van der Waals surface area contributed by atoms with Crippen LogP contribution in [0.5, 0.6) is 11.5 Å². The van der Waals surface area contributed by atoms with Gasteiger partial charge in [-0.2, -0.15) is 0 Å². The minimum atomic E-state index is -0.589. The van der Waals surface area contributed by atoms with E-state index < -0.39 is 5.79 Å². The molecule has 1 aromatic heterocycles. The molecule has 3 rings (SSSR count). The van der Waals surface area contributed by atoms with E-state index in [4.69, 9.17) is 21.1 Å². The van der Waals surface area contributed by atoms with E-state index in [2.05, 4.69) is 12.2 Å². The first kappa shape index (κ1) is 13.6. The molecule has 5 heteroatoms. The molecule has 1 atom stereocenters. The summed E-state index contributed by atoms with van der Waals surface area (Å²) in [4.78, 5) is 1.20. The second-order valence-electron chi connectivity index (χ2n) is 5.27. The Bertz CT molecular complexity index is 639. The molecule has 2 aromatic rings. The highest BCUT2D eigenvalue weighted by Crippen LogP contribution is 2.41. The Hall–Kier alpha value is -1.39. The number of benzene rings is 1. The summed E-state index contributed by atoms with van der Waals surface area (Å²) >= 11 is 7.56. The summed E-state index contributed by atoms with van der Waals surface area (Å²) in [5.41, 5.74) is 1.00. The van der Waals surface area contributed by atoms with Crippen LogP contribution in [-0.4, -0.2) is 5.79 Å². The van der Waals surface area contributed by atoms with Crippen LogP contribution in [0.25, 0.3) is 0 Å². The third-order valence-electron chi connectivity index (χ3n) is 3.06. The molecular weight excluding hydrogens is 294 g/mol. The molecule has 0 amide bonds. The molecule has 0 bridgehead atoms. The summed E-state index contributed by atoms with van der Waals surface area (Å²) in [5, 5.41) is 3.44. The fourth-order valence-corrected chi connectivity index (χ4v) is 3.26. The molecule has 0 fully saturated rings. The SMILES string of the molecule is CC(Nc1ccc2c(c1)OC(C)(C)O2)c1ccc(Cl)s1. The standard InChI is InChI=1S/C15H16ClNO2S/c1-9(13-6-7-14(16)20-13)17-10-4-5-11-12(8-10)19-15(2,3)18-11/h4-9,17H,1-3H3. The molecule has 1 aromatic carbocycles. The van der Waals surface area contributed by atoms with E-state index in [1.54, 1.807) is 11.3 Å². The van der Waals surface area contributed by atoms with E-state index in [0.717, 1.165) is 21.5 Å². The van der Waals surface area contributed by atoms with Gasteiger partial charge in [-0.15, -0.1) is 11.3 Å². The van der Waals surface area contributed by atoms with Gasteiger partial charge in [-0.1, -0.05) is 11.6 Å². The van der Waals surface area contributed by atoms with Crippen molar-refractivity contribution in [1.29, 1.82) is 0 Å². The summed E-state index contributed by atoms with van der Waals surface area (Å²) in [6.45, 7) is 5.91. The first-order valence-corrected chi connectivity index (χ1v) is 7.66. The molecule has 1 aliphatic rings. The zero-order valence-electron chi connectivity index (χ0n) is 11.6. The average molecular weight is 310 g/mol. The van der Waals surface area contributed by atoms with Crippen LogP contribution in [0.1, 0.15) is 31.7 Å². The number of hydrogen-bond acceptors (Lipinski definition) is 4. The van der Waals surface area contributed by atoms with Crippen LogP contribution in [0.3, 0.4) is 0 Å². The first-order valence-electron chi connectivity index (χ1n) is 6.47. The average Bonchev–Trinajstić information content (AvgIpc) is 2.90. The molecule has 0 radical (unpaired) electrons. The minimum absolute atomic E-state index is 0.195. The fourth-order valence-electron chi connectivity index (χ4n) is 2.19. The van der Waals surface area contributed by atoms with Crippen molar-refractivity contribution in [3.05, 3.63) is 39.5 Å². The van der Waals surface area contributed by atoms with Gasteiger partial charge in [-0.3, -0.25) is 0 Å². The van der Waals surface area contributed by atoms with E-state index in [9.17, 15) is 0 Å². The fraction of sp³-hybridized carbons (Fsp3) is 0.333. The van der Waals surface area contributed by atoms with Gasteiger partial charge < -0.3 is 14.8 Å². The second kappa shape index (κ2) is 4.86. The number of anilines is 1. The lowest BCUT2D eigenvalue weighted by atomic mass is 10.2. The number of nitrogens with one attached hydrogen (secondary N) is 1. The van der Waals surface area contributed by atoms with Crippen molar-refractivity contribution in [1.82, 2.24) is 0 Å². The molecule has 0 spiro atoms. The monoisotopic (exact) mass is 309 g/mol. The Balaban J connectivity index is 1.76. The highest BCUT2D eigenvalue weighted by molar-refractivity contribution is 7.16. The van der Waals surface area contributed by atoms with Gasteiger partial charge in [0.05, 0.1) is 10.4 Å².